The second-order valence-corrected chi connectivity index (χ2v) is 6.97. The minimum atomic E-state index is -0.0169. The minimum absolute atomic E-state index is 0.00776. The molecule has 110 valence electrons. The molecule has 4 nitrogen and oxygen atoms in total. The van der Waals surface area contributed by atoms with Crippen LogP contribution in [0.1, 0.15) is 56.5 Å². The number of fused-ring (bicyclic) bond motifs is 1. The highest BCUT2D eigenvalue weighted by Crippen LogP contribution is 2.32. The van der Waals surface area contributed by atoms with Gasteiger partial charge in [-0.3, -0.25) is 4.79 Å². The first kappa shape index (κ1) is 14.0. The van der Waals surface area contributed by atoms with E-state index in [1.165, 1.54) is 32.1 Å². The normalized spacial score (nSPS) is 31.4. The van der Waals surface area contributed by atoms with Gasteiger partial charge in [-0.1, -0.05) is 12.8 Å². The van der Waals surface area contributed by atoms with Gasteiger partial charge in [0.25, 0.3) is 0 Å². The van der Waals surface area contributed by atoms with Crippen LogP contribution in [0.2, 0.25) is 0 Å². The summed E-state index contributed by atoms with van der Waals surface area (Å²) in [6.07, 6.45) is 9.18. The first-order valence-electron chi connectivity index (χ1n) is 7.70. The molecule has 1 amide bonds. The Morgan fingerprint density at radius 3 is 3.05 bits per heavy atom. The number of carbonyl (C=O) groups is 1. The number of hydrogen-bond donors (Lipinski definition) is 2. The van der Waals surface area contributed by atoms with E-state index in [0.29, 0.717) is 6.04 Å². The highest BCUT2D eigenvalue weighted by atomic mass is 32.1. The molecule has 2 fully saturated rings. The monoisotopic (exact) mass is 293 g/mol. The number of aromatic nitrogens is 1. The molecule has 1 saturated carbocycles. The van der Waals surface area contributed by atoms with Gasteiger partial charge in [-0.05, 0) is 38.5 Å². The van der Waals surface area contributed by atoms with Crippen LogP contribution in [0.5, 0.6) is 0 Å². The Bertz CT molecular complexity index is 448. The van der Waals surface area contributed by atoms with Crippen molar-refractivity contribution in [2.24, 2.45) is 5.92 Å². The summed E-state index contributed by atoms with van der Waals surface area (Å²) in [5.74, 6) is 0.931. The van der Waals surface area contributed by atoms with Crippen molar-refractivity contribution in [3.05, 3.63) is 16.6 Å². The molecular formula is C15H23N3OS. The maximum atomic E-state index is 12.4. The first-order chi connectivity index (χ1) is 9.74. The molecule has 0 aromatic carbocycles. The van der Waals surface area contributed by atoms with Crippen LogP contribution < -0.4 is 10.6 Å². The lowest BCUT2D eigenvalue weighted by Crippen LogP contribution is -2.55. The molecule has 5 heteroatoms. The van der Waals surface area contributed by atoms with Gasteiger partial charge in [0.15, 0.2) is 0 Å². The van der Waals surface area contributed by atoms with Crippen LogP contribution in [-0.4, -0.2) is 23.0 Å². The molecule has 1 aliphatic heterocycles. The van der Waals surface area contributed by atoms with Crippen LogP contribution in [0.4, 0.5) is 0 Å². The molecule has 0 spiro atoms. The van der Waals surface area contributed by atoms with E-state index < -0.39 is 0 Å². The van der Waals surface area contributed by atoms with Gasteiger partial charge in [-0.25, -0.2) is 4.98 Å². The topological polar surface area (TPSA) is 54.0 Å². The lowest BCUT2D eigenvalue weighted by atomic mass is 9.77. The summed E-state index contributed by atoms with van der Waals surface area (Å²) in [5.41, 5.74) is 0. The van der Waals surface area contributed by atoms with E-state index in [1.807, 2.05) is 12.3 Å². The van der Waals surface area contributed by atoms with E-state index in [9.17, 15) is 4.79 Å². The van der Waals surface area contributed by atoms with Gasteiger partial charge in [0, 0.05) is 17.6 Å². The molecule has 1 aromatic rings. The summed E-state index contributed by atoms with van der Waals surface area (Å²) in [5, 5.41) is 9.60. The molecule has 20 heavy (non-hydrogen) atoms. The quantitative estimate of drug-likeness (QED) is 0.901. The Kier molecular flexibility index (Phi) is 4.36. The Labute approximate surface area is 124 Å². The van der Waals surface area contributed by atoms with Crippen molar-refractivity contribution in [1.82, 2.24) is 15.6 Å². The van der Waals surface area contributed by atoms with Crippen molar-refractivity contribution >= 4 is 17.2 Å². The van der Waals surface area contributed by atoms with Crippen LogP contribution in [0, 0.1) is 5.92 Å². The van der Waals surface area contributed by atoms with Gasteiger partial charge >= 0.3 is 0 Å². The maximum absolute atomic E-state index is 12.4. The average Bonchev–Trinajstić information content (AvgIpc) is 3.01. The zero-order valence-corrected chi connectivity index (χ0v) is 12.8. The molecule has 3 rings (SSSR count). The second-order valence-electron chi connectivity index (χ2n) is 6.05. The lowest BCUT2D eigenvalue weighted by Gasteiger charge is -2.40. The molecule has 0 bridgehead atoms. The number of carbonyl (C=O) groups excluding carboxylic acids is 1. The number of amides is 1. The fourth-order valence-corrected chi connectivity index (χ4v) is 4.17. The molecule has 1 aromatic heterocycles. The molecule has 1 aliphatic carbocycles. The largest absolute Gasteiger partial charge is 0.346 e. The minimum Gasteiger partial charge on any atom is -0.346 e. The van der Waals surface area contributed by atoms with Crippen molar-refractivity contribution in [3.63, 3.8) is 0 Å². The standard InChI is InChI=1S/C15H23N3OS/c1-10(15-16-8-9-20-15)17-14(19)13-7-6-11-4-2-3-5-12(11)18-13/h8-13,18H,2-7H2,1H3,(H,17,19). The van der Waals surface area contributed by atoms with Crippen LogP contribution in [-0.2, 0) is 4.79 Å². The maximum Gasteiger partial charge on any atom is 0.237 e. The Hall–Kier alpha value is -0.940. The molecule has 2 heterocycles. The molecule has 4 unspecified atom stereocenters. The van der Waals surface area contributed by atoms with Crippen molar-refractivity contribution in [1.29, 1.82) is 0 Å². The predicted molar refractivity (Wildman–Crippen MR) is 80.6 cm³/mol. The van der Waals surface area contributed by atoms with Crippen LogP contribution in [0.25, 0.3) is 0 Å². The molecule has 2 aliphatic rings. The molecule has 0 radical (unpaired) electrons. The lowest BCUT2D eigenvalue weighted by molar-refractivity contribution is -0.125. The first-order valence-corrected chi connectivity index (χ1v) is 8.58. The number of hydrogen-bond acceptors (Lipinski definition) is 4. The molecule has 1 saturated heterocycles. The van der Waals surface area contributed by atoms with Gasteiger partial charge in [0.2, 0.25) is 5.91 Å². The molecular weight excluding hydrogens is 270 g/mol. The third kappa shape index (κ3) is 3.04. The van der Waals surface area contributed by atoms with Gasteiger partial charge in [0.1, 0.15) is 5.01 Å². The van der Waals surface area contributed by atoms with Gasteiger partial charge < -0.3 is 10.6 Å². The van der Waals surface area contributed by atoms with E-state index in [0.717, 1.165) is 17.3 Å². The van der Waals surface area contributed by atoms with Crippen molar-refractivity contribution in [2.45, 2.75) is 63.6 Å². The zero-order chi connectivity index (χ0) is 13.9. The summed E-state index contributed by atoms with van der Waals surface area (Å²) in [6.45, 7) is 2.00. The van der Waals surface area contributed by atoms with Crippen LogP contribution in [0.3, 0.4) is 0 Å². The third-order valence-electron chi connectivity index (χ3n) is 4.65. The van der Waals surface area contributed by atoms with E-state index in [-0.39, 0.29) is 18.0 Å². The van der Waals surface area contributed by atoms with Crippen molar-refractivity contribution in [2.75, 3.05) is 0 Å². The number of thiazole rings is 1. The van der Waals surface area contributed by atoms with Crippen LogP contribution >= 0.6 is 11.3 Å². The van der Waals surface area contributed by atoms with Gasteiger partial charge in [-0.2, -0.15) is 0 Å². The van der Waals surface area contributed by atoms with Crippen molar-refractivity contribution < 1.29 is 4.79 Å². The van der Waals surface area contributed by atoms with Gasteiger partial charge in [0.05, 0.1) is 12.1 Å². The summed E-state index contributed by atoms with van der Waals surface area (Å²) in [7, 11) is 0. The smallest absolute Gasteiger partial charge is 0.237 e. The summed E-state index contributed by atoms with van der Waals surface area (Å²) >= 11 is 1.59. The highest BCUT2D eigenvalue weighted by molar-refractivity contribution is 7.09. The fraction of sp³-hybridized carbons (Fsp3) is 0.733. The SMILES string of the molecule is CC(NC(=O)C1CCC2CCCCC2N1)c1nccs1. The fourth-order valence-electron chi connectivity index (χ4n) is 3.53. The van der Waals surface area contributed by atoms with E-state index in [1.54, 1.807) is 17.5 Å². The Morgan fingerprint density at radius 1 is 1.40 bits per heavy atom. The number of rotatable bonds is 3. The van der Waals surface area contributed by atoms with Gasteiger partial charge in [-0.15, -0.1) is 11.3 Å². The number of nitrogens with zero attached hydrogens (tertiary/aromatic N) is 1. The highest BCUT2D eigenvalue weighted by Gasteiger charge is 2.34. The Morgan fingerprint density at radius 2 is 2.25 bits per heavy atom. The molecule has 2 N–H and O–H groups in total. The van der Waals surface area contributed by atoms with Crippen molar-refractivity contribution in [3.8, 4) is 0 Å². The van der Waals surface area contributed by atoms with E-state index in [4.69, 9.17) is 0 Å². The van der Waals surface area contributed by atoms with E-state index in [2.05, 4.69) is 15.6 Å². The summed E-state index contributed by atoms with van der Waals surface area (Å²) < 4.78 is 0. The predicted octanol–water partition coefficient (Wildman–Crippen LogP) is 2.63. The summed E-state index contributed by atoms with van der Waals surface area (Å²) in [6, 6.07) is 0.550. The number of nitrogens with one attached hydrogen (secondary N) is 2. The Balaban J connectivity index is 1.55. The summed E-state index contributed by atoms with van der Waals surface area (Å²) in [4.78, 5) is 16.6. The third-order valence-corrected chi connectivity index (χ3v) is 5.61. The number of piperidine rings is 1. The second kappa shape index (κ2) is 6.22. The zero-order valence-electron chi connectivity index (χ0n) is 12.0. The van der Waals surface area contributed by atoms with Crippen LogP contribution in [0.15, 0.2) is 11.6 Å². The van der Waals surface area contributed by atoms with E-state index >= 15 is 0 Å². The molecule has 4 atom stereocenters. The average molecular weight is 293 g/mol.